The molecule has 0 spiro atoms. The van der Waals surface area contributed by atoms with Crippen LogP contribution in [-0.2, 0) is 13.0 Å². The third-order valence-corrected chi connectivity index (χ3v) is 5.46. The topological polar surface area (TPSA) is 44.0 Å². The fraction of sp³-hybridized carbons (Fsp3) is 0.167. The average molecular weight is 419 g/mol. The lowest BCUT2D eigenvalue weighted by molar-refractivity contribution is 0.417. The molecule has 0 amide bonds. The van der Waals surface area contributed by atoms with Crippen molar-refractivity contribution in [1.82, 2.24) is 14.9 Å². The van der Waals surface area contributed by atoms with Gasteiger partial charge in [-0.3, -0.25) is 4.98 Å². The SMILES string of the molecule is Cc1[nH]c2ccccc2c1CCN(Cc1ccccn1)C(=S)Nc1cccc(F)c1. The largest absolute Gasteiger partial charge is 0.358 e. The molecular weight excluding hydrogens is 395 g/mol. The molecule has 0 saturated heterocycles. The molecule has 0 unspecified atom stereocenters. The highest BCUT2D eigenvalue weighted by molar-refractivity contribution is 7.80. The van der Waals surface area contributed by atoms with Crippen LogP contribution in [0.3, 0.4) is 0 Å². The zero-order valence-corrected chi connectivity index (χ0v) is 17.5. The van der Waals surface area contributed by atoms with Crippen LogP contribution in [-0.4, -0.2) is 26.5 Å². The number of aromatic nitrogens is 2. The highest BCUT2D eigenvalue weighted by Crippen LogP contribution is 2.23. The van der Waals surface area contributed by atoms with E-state index >= 15 is 0 Å². The molecule has 0 fully saturated rings. The molecule has 0 bridgehead atoms. The van der Waals surface area contributed by atoms with Gasteiger partial charge in [0, 0.05) is 35.0 Å². The number of nitrogens with zero attached hydrogens (tertiary/aromatic N) is 2. The summed E-state index contributed by atoms with van der Waals surface area (Å²) in [6.45, 7) is 3.38. The quantitative estimate of drug-likeness (QED) is 0.409. The second-order valence-corrected chi connectivity index (χ2v) is 7.59. The molecule has 4 rings (SSSR count). The van der Waals surface area contributed by atoms with Crippen LogP contribution in [0.2, 0.25) is 0 Å². The van der Waals surface area contributed by atoms with Crippen LogP contribution in [0, 0.1) is 12.7 Å². The Morgan fingerprint density at radius 1 is 1.10 bits per heavy atom. The van der Waals surface area contributed by atoms with Crippen LogP contribution in [0.5, 0.6) is 0 Å². The van der Waals surface area contributed by atoms with Gasteiger partial charge in [-0.1, -0.05) is 30.3 Å². The second kappa shape index (κ2) is 9.05. The molecule has 2 N–H and O–H groups in total. The van der Waals surface area contributed by atoms with Crippen molar-refractivity contribution in [2.24, 2.45) is 0 Å². The Bertz CT molecular complexity index is 1160. The number of halogens is 1. The summed E-state index contributed by atoms with van der Waals surface area (Å²) in [4.78, 5) is 9.97. The number of rotatable bonds is 6. The molecule has 0 saturated carbocycles. The molecule has 0 radical (unpaired) electrons. The number of thiocarbonyl (C=S) groups is 1. The van der Waals surface area contributed by atoms with E-state index in [9.17, 15) is 4.39 Å². The normalized spacial score (nSPS) is 10.9. The summed E-state index contributed by atoms with van der Waals surface area (Å²) < 4.78 is 13.6. The number of fused-ring (bicyclic) bond motifs is 1. The molecule has 30 heavy (non-hydrogen) atoms. The second-order valence-electron chi connectivity index (χ2n) is 7.21. The van der Waals surface area contributed by atoms with E-state index in [0.717, 1.165) is 23.3 Å². The molecule has 0 aliphatic heterocycles. The molecule has 0 aliphatic carbocycles. The number of hydrogen-bond donors (Lipinski definition) is 2. The zero-order valence-electron chi connectivity index (χ0n) is 16.7. The molecule has 2 aromatic carbocycles. The van der Waals surface area contributed by atoms with Crippen molar-refractivity contribution in [2.45, 2.75) is 19.9 Å². The average Bonchev–Trinajstić information content (AvgIpc) is 3.07. The number of H-pyrrole nitrogens is 1. The van der Waals surface area contributed by atoms with Crippen LogP contribution in [0.25, 0.3) is 10.9 Å². The molecular formula is C24H23FN4S. The summed E-state index contributed by atoms with van der Waals surface area (Å²) in [6.07, 6.45) is 2.61. The first-order valence-electron chi connectivity index (χ1n) is 9.88. The molecule has 2 aromatic heterocycles. The number of anilines is 1. The van der Waals surface area contributed by atoms with Gasteiger partial charge in [-0.25, -0.2) is 4.39 Å². The Hall–Kier alpha value is -3.25. The van der Waals surface area contributed by atoms with Gasteiger partial charge in [-0.15, -0.1) is 0 Å². The molecule has 4 nitrogen and oxygen atoms in total. The van der Waals surface area contributed by atoms with E-state index < -0.39 is 0 Å². The maximum absolute atomic E-state index is 13.6. The van der Waals surface area contributed by atoms with Gasteiger partial charge in [0.05, 0.1) is 12.2 Å². The Morgan fingerprint density at radius 2 is 1.93 bits per heavy atom. The number of nitrogens with one attached hydrogen (secondary N) is 2. The third kappa shape index (κ3) is 4.66. The van der Waals surface area contributed by atoms with Crippen molar-refractivity contribution < 1.29 is 4.39 Å². The van der Waals surface area contributed by atoms with Gasteiger partial charge in [-0.05, 0) is 67.5 Å². The van der Waals surface area contributed by atoms with Crippen LogP contribution < -0.4 is 5.32 Å². The van der Waals surface area contributed by atoms with Crippen molar-refractivity contribution in [3.63, 3.8) is 0 Å². The Balaban J connectivity index is 1.55. The van der Waals surface area contributed by atoms with Crippen molar-refractivity contribution in [2.75, 3.05) is 11.9 Å². The van der Waals surface area contributed by atoms with Crippen molar-refractivity contribution in [3.8, 4) is 0 Å². The first kappa shape index (κ1) is 20.0. The van der Waals surface area contributed by atoms with E-state index in [2.05, 4.69) is 45.3 Å². The fourth-order valence-corrected chi connectivity index (χ4v) is 3.89. The molecule has 6 heteroatoms. The van der Waals surface area contributed by atoms with Gasteiger partial charge < -0.3 is 15.2 Å². The molecule has 152 valence electrons. The number of hydrogen-bond acceptors (Lipinski definition) is 2. The smallest absolute Gasteiger partial charge is 0.173 e. The van der Waals surface area contributed by atoms with E-state index in [1.165, 1.54) is 23.1 Å². The van der Waals surface area contributed by atoms with E-state index in [1.807, 2.05) is 24.3 Å². The fourth-order valence-electron chi connectivity index (χ4n) is 3.61. The summed E-state index contributed by atoms with van der Waals surface area (Å²) in [5, 5.41) is 4.95. The Morgan fingerprint density at radius 3 is 2.73 bits per heavy atom. The first-order valence-corrected chi connectivity index (χ1v) is 10.3. The number of benzene rings is 2. The minimum absolute atomic E-state index is 0.298. The monoisotopic (exact) mass is 418 g/mol. The molecule has 0 atom stereocenters. The van der Waals surface area contributed by atoms with Crippen molar-refractivity contribution >= 4 is 33.9 Å². The van der Waals surface area contributed by atoms with Gasteiger partial charge in [0.25, 0.3) is 0 Å². The Labute approximate surface area is 180 Å². The number of para-hydroxylation sites is 1. The van der Waals surface area contributed by atoms with E-state index in [4.69, 9.17) is 12.2 Å². The zero-order chi connectivity index (χ0) is 20.9. The van der Waals surface area contributed by atoms with E-state index in [-0.39, 0.29) is 5.82 Å². The highest BCUT2D eigenvalue weighted by Gasteiger charge is 2.15. The maximum Gasteiger partial charge on any atom is 0.173 e. The first-order chi connectivity index (χ1) is 14.6. The van der Waals surface area contributed by atoms with Crippen LogP contribution >= 0.6 is 12.2 Å². The van der Waals surface area contributed by atoms with Gasteiger partial charge in [0.1, 0.15) is 5.82 Å². The minimum atomic E-state index is -0.298. The van der Waals surface area contributed by atoms with E-state index in [0.29, 0.717) is 23.9 Å². The van der Waals surface area contributed by atoms with Gasteiger partial charge >= 0.3 is 0 Å². The molecule has 4 aromatic rings. The molecule has 2 heterocycles. The maximum atomic E-state index is 13.6. The van der Waals surface area contributed by atoms with Gasteiger partial charge in [-0.2, -0.15) is 0 Å². The van der Waals surface area contributed by atoms with Gasteiger partial charge in [0.2, 0.25) is 0 Å². The molecule has 0 aliphatic rings. The lowest BCUT2D eigenvalue weighted by Gasteiger charge is -2.26. The summed E-state index contributed by atoms with van der Waals surface area (Å²) in [6, 6.07) is 20.5. The standard InChI is InChI=1S/C24H23FN4S/c1-17-21(22-10-2-3-11-23(22)27-17)12-14-29(16-20-8-4-5-13-26-20)24(30)28-19-9-6-7-18(25)15-19/h2-11,13,15,27H,12,14,16H2,1H3,(H,28,30). The predicted octanol–water partition coefficient (Wildman–Crippen LogP) is 5.45. The number of pyridine rings is 1. The summed E-state index contributed by atoms with van der Waals surface area (Å²) in [5.41, 5.74) is 5.15. The lowest BCUT2D eigenvalue weighted by atomic mass is 10.1. The summed E-state index contributed by atoms with van der Waals surface area (Å²) >= 11 is 5.68. The highest BCUT2D eigenvalue weighted by atomic mass is 32.1. The lowest BCUT2D eigenvalue weighted by Crippen LogP contribution is -2.36. The third-order valence-electron chi connectivity index (χ3n) is 5.10. The number of aryl methyl sites for hydroxylation is 1. The summed E-state index contributed by atoms with van der Waals surface area (Å²) in [7, 11) is 0. The minimum Gasteiger partial charge on any atom is -0.358 e. The Kier molecular flexibility index (Phi) is 6.05. The van der Waals surface area contributed by atoms with Gasteiger partial charge in [0.15, 0.2) is 5.11 Å². The van der Waals surface area contributed by atoms with E-state index in [1.54, 1.807) is 18.3 Å². The van der Waals surface area contributed by atoms with Crippen molar-refractivity contribution in [1.29, 1.82) is 0 Å². The predicted molar refractivity (Wildman–Crippen MR) is 124 cm³/mol. The summed E-state index contributed by atoms with van der Waals surface area (Å²) in [5.74, 6) is -0.298. The van der Waals surface area contributed by atoms with Crippen LogP contribution in [0.1, 0.15) is 17.0 Å². The van der Waals surface area contributed by atoms with Crippen LogP contribution in [0.4, 0.5) is 10.1 Å². The number of aromatic amines is 1. The van der Waals surface area contributed by atoms with Crippen molar-refractivity contribution in [3.05, 3.63) is 95.7 Å². The van der Waals surface area contributed by atoms with Crippen LogP contribution in [0.15, 0.2) is 72.9 Å².